The zero-order valence-corrected chi connectivity index (χ0v) is 22.2. The minimum Gasteiger partial charge on any atom is -0.413 e. The molecule has 2 aromatic carbocycles. The van der Waals surface area contributed by atoms with Gasteiger partial charge in [0.05, 0.1) is 0 Å². The first-order chi connectivity index (χ1) is 14.2. The summed E-state index contributed by atoms with van der Waals surface area (Å²) >= 11 is 0. The zero-order chi connectivity index (χ0) is 22.3. The largest absolute Gasteiger partial charge is 0.413 e. The van der Waals surface area contributed by atoms with Crippen molar-refractivity contribution < 1.29 is 21.7 Å². The molecule has 0 fully saturated rings. The number of nitrogens with one attached hydrogen (secondary N) is 2. The molecule has 0 aromatic heterocycles. The third-order valence-corrected chi connectivity index (χ3v) is 5.49. The molecule has 0 spiro atoms. The Labute approximate surface area is 206 Å². The second-order valence-electron chi connectivity index (χ2n) is 9.18. The molecule has 0 bridgehead atoms. The average molecular weight is 454 g/mol. The van der Waals surface area contributed by atoms with Crippen molar-refractivity contribution in [3.8, 4) is 0 Å². The third kappa shape index (κ3) is 8.02. The second-order valence-corrected chi connectivity index (χ2v) is 9.18. The van der Waals surface area contributed by atoms with Gasteiger partial charge in [-0.3, -0.25) is 0 Å². The van der Waals surface area contributed by atoms with Crippen LogP contribution in [0.25, 0.3) is 0 Å². The normalized spacial score (nSPS) is 11.4. The summed E-state index contributed by atoms with van der Waals surface area (Å²) in [6, 6.07) is 22.7. The fourth-order valence-electron chi connectivity index (χ4n) is 4.53. The van der Waals surface area contributed by atoms with Gasteiger partial charge in [0, 0.05) is 33.1 Å². The number of hydrogen-bond acceptors (Lipinski definition) is 4. The fourth-order valence-corrected chi connectivity index (χ4v) is 4.53. The molecule has 0 radical (unpaired) electrons. The van der Waals surface area contributed by atoms with Crippen LogP contribution >= 0.6 is 0 Å². The predicted molar refractivity (Wildman–Crippen MR) is 136 cm³/mol. The van der Waals surface area contributed by atoms with Crippen LogP contribution in [0.2, 0.25) is 0 Å². The van der Waals surface area contributed by atoms with E-state index in [0.717, 1.165) is 11.4 Å². The number of hydrogen-bond donors (Lipinski definition) is 2. The molecule has 2 aromatic rings. The van der Waals surface area contributed by atoms with Crippen molar-refractivity contribution in [1.82, 2.24) is 9.62 Å². The van der Waals surface area contributed by atoms with E-state index in [0.29, 0.717) is 24.2 Å². The Morgan fingerprint density at radius 1 is 0.548 bits per heavy atom. The summed E-state index contributed by atoms with van der Waals surface area (Å²) in [5, 5.41) is 7.63. The minimum atomic E-state index is 0. The first-order valence-corrected chi connectivity index (χ1v) is 11.4. The summed E-state index contributed by atoms with van der Waals surface area (Å²) in [6.45, 7) is 18.6. The van der Waals surface area contributed by atoms with Crippen molar-refractivity contribution in [2.75, 3.05) is 10.5 Å². The summed E-state index contributed by atoms with van der Waals surface area (Å²) in [4.78, 5) is 5.24. The Bertz CT molecular complexity index is 651. The van der Waals surface area contributed by atoms with E-state index in [9.17, 15) is 0 Å². The maximum Gasteiger partial charge on any atom is 0.369 e. The van der Waals surface area contributed by atoms with Crippen LogP contribution in [-0.2, 0) is 21.7 Å². The molecule has 0 aliphatic heterocycles. The van der Waals surface area contributed by atoms with Crippen LogP contribution in [-0.4, -0.2) is 47.5 Å². The molecule has 0 amide bonds. The van der Waals surface area contributed by atoms with Crippen LogP contribution in [0.3, 0.4) is 0 Å². The van der Waals surface area contributed by atoms with Gasteiger partial charge in [0.15, 0.2) is 0 Å². The molecule has 0 saturated heterocycles. The quantitative estimate of drug-likeness (QED) is 0.440. The van der Waals surface area contributed by atoms with Gasteiger partial charge >= 0.3 is 13.7 Å². The summed E-state index contributed by atoms with van der Waals surface area (Å²) in [5.74, 6) is 0. The van der Waals surface area contributed by atoms with Crippen LogP contribution in [0, 0.1) is 0 Å². The van der Waals surface area contributed by atoms with Gasteiger partial charge in [-0.1, -0.05) is 91.8 Å². The summed E-state index contributed by atoms with van der Waals surface area (Å²) < 4.78 is 0. The van der Waals surface area contributed by atoms with Crippen LogP contribution in [0.5, 0.6) is 0 Å². The standard InChI is InChI=1S/C24H40B2N4.Ti/c1-19(2)29(20(3)4)26(30(21(5)6)22(7)8)25(27-23-15-11-9-12-16-23)28-24-17-13-10-14-18-24;/h9-22,27-28H,1-8H3;. The molecule has 0 atom stereocenters. The monoisotopic (exact) mass is 454 g/mol. The molecule has 31 heavy (non-hydrogen) atoms. The Balaban J connectivity index is 0.00000480. The van der Waals surface area contributed by atoms with Gasteiger partial charge < -0.3 is 20.1 Å². The fraction of sp³-hybridized carbons (Fsp3) is 0.500. The minimum absolute atomic E-state index is 0. The molecule has 0 aliphatic carbocycles. The van der Waals surface area contributed by atoms with E-state index in [1.807, 2.05) is 0 Å². The van der Waals surface area contributed by atoms with Crippen molar-refractivity contribution in [2.24, 2.45) is 0 Å². The molecular weight excluding hydrogens is 414 g/mol. The van der Waals surface area contributed by atoms with Gasteiger partial charge in [0.1, 0.15) is 0 Å². The van der Waals surface area contributed by atoms with Gasteiger partial charge in [-0.25, -0.2) is 0 Å². The van der Waals surface area contributed by atoms with E-state index in [2.05, 4.69) is 136 Å². The molecule has 0 heterocycles. The zero-order valence-electron chi connectivity index (χ0n) is 20.6. The first-order valence-electron chi connectivity index (χ1n) is 11.4. The molecule has 0 saturated carbocycles. The number of para-hydroxylation sites is 2. The van der Waals surface area contributed by atoms with Crippen molar-refractivity contribution >= 4 is 25.1 Å². The summed E-state index contributed by atoms with van der Waals surface area (Å²) in [5.41, 5.74) is 2.24. The van der Waals surface area contributed by atoms with E-state index in [-0.39, 0.29) is 35.5 Å². The van der Waals surface area contributed by atoms with Crippen molar-refractivity contribution in [1.29, 1.82) is 0 Å². The summed E-state index contributed by atoms with van der Waals surface area (Å²) in [6.07, 6.45) is 0. The van der Waals surface area contributed by atoms with E-state index in [1.165, 1.54) is 0 Å². The average Bonchev–Trinajstić information content (AvgIpc) is 2.67. The predicted octanol–water partition coefficient (Wildman–Crippen LogP) is 5.50. The van der Waals surface area contributed by atoms with E-state index in [1.54, 1.807) is 0 Å². The number of benzene rings is 2. The number of rotatable bonds is 11. The molecule has 2 rings (SSSR count). The van der Waals surface area contributed by atoms with Gasteiger partial charge in [-0.05, 0) is 48.4 Å². The van der Waals surface area contributed by atoms with E-state index < -0.39 is 0 Å². The van der Waals surface area contributed by atoms with Crippen LogP contribution < -0.4 is 10.5 Å². The molecule has 4 nitrogen and oxygen atoms in total. The SMILES string of the molecule is CC(C)N(B(B(Nc1ccccc1)Nc1ccccc1)N(C(C)C)C(C)C)C(C)C.[Ti]. The molecule has 166 valence electrons. The van der Waals surface area contributed by atoms with Crippen LogP contribution in [0.15, 0.2) is 60.7 Å². The maximum atomic E-state index is 3.81. The Morgan fingerprint density at radius 2 is 0.839 bits per heavy atom. The first kappa shape index (κ1) is 27.8. The molecule has 7 heteroatoms. The van der Waals surface area contributed by atoms with Gasteiger partial charge in [-0.2, -0.15) is 0 Å². The molecule has 2 N–H and O–H groups in total. The van der Waals surface area contributed by atoms with Crippen molar-refractivity contribution in [3.05, 3.63) is 60.7 Å². The molecule has 0 unspecified atom stereocenters. The molecule has 0 aliphatic rings. The van der Waals surface area contributed by atoms with Crippen LogP contribution in [0.1, 0.15) is 55.4 Å². The number of nitrogens with zero attached hydrogens (tertiary/aromatic N) is 2. The Morgan fingerprint density at radius 3 is 1.10 bits per heavy atom. The van der Waals surface area contributed by atoms with Crippen molar-refractivity contribution in [2.45, 2.75) is 79.6 Å². The maximum absolute atomic E-state index is 3.81. The van der Waals surface area contributed by atoms with Crippen molar-refractivity contribution in [3.63, 3.8) is 0 Å². The van der Waals surface area contributed by atoms with Gasteiger partial charge in [0.25, 0.3) is 0 Å². The smallest absolute Gasteiger partial charge is 0.369 e. The number of anilines is 2. The van der Waals surface area contributed by atoms with Crippen LogP contribution in [0.4, 0.5) is 11.4 Å². The molecular formula is C24H40B2N4Ti. The van der Waals surface area contributed by atoms with Gasteiger partial charge in [0.2, 0.25) is 0 Å². The topological polar surface area (TPSA) is 30.5 Å². The Hall–Kier alpha value is -1.20. The van der Waals surface area contributed by atoms with E-state index >= 15 is 0 Å². The second kappa shape index (κ2) is 13.4. The van der Waals surface area contributed by atoms with E-state index in [4.69, 9.17) is 0 Å². The Kier molecular flexibility index (Phi) is 12.0. The summed E-state index contributed by atoms with van der Waals surface area (Å²) in [7, 11) is 0. The van der Waals surface area contributed by atoms with Gasteiger partial charge in [-0.15, -0.1) is 0 Å². The third-order valence-electron chi connectivity index (χ3n) is 5.49.